The van der Waals surface area contributed by atoms with Gasteiger partial charge in [-0.3, -0.25) is 4.79 Å². The fourth-order valence-electron chi connectivity index (χ4n) is 3.67. The van der Waals surface area contributed by atoms with Crippen LogP contribution in [0.1, 0.15) is 12.8 Å². The van der Waals surface area contributed by atoms with Crippen molar-refractivity contribution in [1.29, 1.82) is 0 Å². The van der Waals surface area contributed by atoms with Gasteiger partial charge >= 0.3 is 0 Å². The third kappa shape index (κ3) is 3.87. The number of ether oxygens (including phenoxy) is 1. The van der Waals surface area contributed by atoms with E-state index in [2.05, 4.69) is 42.5 Å². The molecule has 2 aromatic heterocycles. The number of hydrogen-bond donors (Lipinski definition) is 7. The Morgan fingerprint density at radius 1 is 1.28 bits per heavy atom. The quantitative estimate of drug-likeness (QED) is 0.290. The smallest absolute Gasteiger partial charge is 0.240 e. The zero-order valence-electron chi connectivity index (χ0n) is 15.4. The maximum absolute atomic E-state index is 12.5. The summed E-state index contributed by atoms with van der Waals surface area (Å²) in [7, 11) is 0. The van der Waals surface area contributed by atoms with Gasteiger partial charge in [0.2, 0.25) is 5.91 Å². The van der Waals surface area contributed by atoms with Gasteiger partial charge in [0.15, 0.2) is 17.7 Å². The van der Waals surface area contributed by atoms with Gasteiger partial charge in [0.1, 0.15) is 35.9 Å². The lowest BCUT2D eigenvalue weighted by Crippen LogP contribution is -2.59. The van der Waals surface area contributed by atoms with Crippen molar-refractivity contribution < 1.29 is 24.9 Å². The van der Waals surface area contributed by atoms with Crippen molar-refractivity contribution in [3.8, 4) is 0 Å². The number of carbonyl (C=O) groups is 1. The largest absolute Gasteiger partial charge is 0.510 e. The van der Waals surface area contributed by atoms with Crippen molar-refractivity contribution in [2.45, 2.75) is 49.5 Å². The molecule has 0 spiro atoms. The number of anilines is 1. The molecule has 1 amide bonds. The Hall–Kier alpha value is -2.80. The Morgan fingerprint density at radius 2 is 2.10 bits per heavy atom. The molecule has 29 heavy (non-hydrogen) atoms. The molecule has 0 saturated carbocycles. The third-order valence-electron chi connectivity index (χ3n) is 5.13. The summed E-state index contributed by atoms with van der Waals surface area (Å²) in [4.78, 5) is 27.6. The fraction of sp³-hybridized carbons (Fsp3) is 0.529. The molecular weight excluding hydrogens is 382 g/mol. The van der Waals surface area contributed by atoms with Crippen LogP contribution in [0, 0.1) is 0 Å². The first-order valence-corrected chi connectivity index (χ1v) is 9.27. The molecule has 0 aliphatic carbocycles. The predicted molar refractivity (Wildman–Crippen MR) is 101 cm³/mol. The normalized spacial score (nSPS) is 32.2. The average Bonchev–Trinajstić information content (AvgIpc) is 3.32. The van der Waals surface area contributed by atoms with Crippen LogP contribution in [-0.2, 0) is 9.53 Å². The number of nitrogens with one attached hydrogen (secondary N) is 4. The van der Waals surface area contributed by atoms with Gasteiger partial charge in [-0.05, 0) is 13.0 Å². The van der Waals surface area contributed by atoms with Gasteiger partial charge in [-0.1, -0.05) is 6.58 Å². The number of fused-ring (bicyclic) bond motifs is 1. The van der Waals surface area contributed by atoms with Crippen LogP contribution in [0.5, 0.6) is 0 Å². The number of rotatable bonds is 5. The van der Waals surface area contributed by atoms with Crippen LogP contribution in [0.2, 0.25) is 0 Å². The Bertz CT molecular complexity index is 905. The summed E-state index contributed by atoms with van der Waals surface area (Å²) in [6.07, 6.45) is -0.330. The van der Waals surface area contributed by atoms with Crippen LogP contribution in [0.3, 0.4) is 0 Å². The van der Waals surface area contributed by atoms with Gasteiger partial charge in [0.25, 0.3) is 0 Å². The zero-order valence-corrected chi connectivity index (χ0v) is 15.4. The van der Waals surface area contributed by atoms with Crippen LogP contribution in [0.15, 0.2) is 25.0 Å². The highest BCUT2D eigenvalue weighted by Crippen LogP contribution is 2.26. The summed E-state index contributed by atoms with van der Waals surface area (Å²) >= 11 is 0. The average molecular weight is 405 g/mol. The summed E-state index contributed by atoms with van der Waals surface area (Å²) in [5.41, 5.74) is 0.989. The number of hydrogen-bond acceptors (Lipinski definition) is 10. The van der Waals surface area contributed by atoms with Crippen LogP contribution in [0.4, 0.5) is 5.82 Å². The third-order valence-corrected chi connectivity index (χ3v) is 5.13. The number of imidazole rings is 1. The molecular formula is C17H23N7O5. The van der Waals surface area contributed by atoms with Crippen LogP contribution >= 0.6 is 0 Å². The highest BCUT2D eigenvalue weighted by molar-refractivity contribution is 5.83. The molecule has 156 valence electrons. The standard InChI is InChI=1S/C17H23N7O5/c1-7(25)13-8(23-16(28)11-9(26)2-3-18-11)4-10(27)17(29-13)24-15-12-14(20-5-19-12)21-6-22-15/h5-6,8-11,13,17-18,25-27H,1-4H2,(H,23,28)(H2,19,20,21,22,24)/t8-,9+,10+,11+,13+,17+/m1/s1. The van der Waals surface area contributed by atoms with E-state index in [9.17, 15) is 20.1 Å². The highest BCUT2D eigenvalue weighted by Gasteiger charge is 2.42. The lowest BCUT2D eigenvalue weighted by molar-refractivity contribution is -0.136. The first kappa shape index (κ1) is 19.5. The maximum Gasteiger partial charge on any atom is 0.240 e. The minimum Gasteiger partial charge on any atom is -0.510 e. The molecule has 2 aromatic rings. The minimum absolute atomic E-state index is 0.0909. The van der Waals surface area contributed by atoms with Crippen molar-refractivity contribution in [1.82, 2.24) is 30.6 Å². The summed E-state index contributed by atoms with van der Waals surface area (Å²) in [5.74, 6) is -0.341. The summed E-state index contributed by atoms with van der Waals surface area (Å²) in [5, 5.41) is 39.1. The number of aliphatic hydroxyl groups excluding tert-OH is 3. The monoisotopic (exact) mass is 405 g/mol. The predicted octanol–water partition coefficient (Wildman–Crippen LogP) is -1.48. The molecule has 2 saturated heterocycles. The van der Waals surface area contributed by atoms with Crippen LogP contribution < -0.4 is 16.0 Å². The Kier molecular flexibility index (Phi) is 5.32. The van der Waals surface area contributed by atoms with Gasteiger partial charge in [0.05, 0.1) is 18.5 Å². The zero-order chi connectivity index (χ0) is 20.5. The molecule has 4 rings (SSSR count). The van der Waals surface area contributed by atoms with E-state index in [1.165, 1.54) is 12.7 Å². The number of carbonyl (C=O) groups excluding carboxylic acids is 1. The molecule has 4 heterocycles. The molecule has 0 aromatic carbocycles. The molecule has 0 unspecified atom stereocenters. The topological polar surface area (TPSA) is 178 Å². The summed E-state index contributed by atoms with van der Waals surface area (Å²) in [6.45, 7) is 4.05. The number of aromatic nitrogens is 4. The molecule has 6 atom stereocenters. The van der Waals surface area contributed by atoms with Crippen LogP contribution in [0.25, 0.3) is 11.2 Å². The van der Waals surface area contributed by atoms with Gasteiger partial charge < -0.3 is 41.0 Å². The van der Waals surface area contributed by atoms with Gasteiger partial charge in [0, 0.05) is 6.42 Å². The fourth-order valence-corrected chi connectivity index (χ4v) is 3.67. The Morgan fingerprint density at radius 3 is 2.83 bits per heavy atom. The lowest BCUT2D eigenvalue weighted by atomic mass is 9.97. The van der Waals surface area contributed by atoms with E-state index >= 15 is 0 Å². The summed E-state index contributed by atoms with van der Waals surface area (Å²) in [6, 6.07) is -1.47. The first-order valence-electron chi connectivity index (χ1n) is 9.27. The highest BCUT2D eigenvalue weighted by atomic mass is 16.5. The van der Waals surface area contributed by atoms with E-state index in [4.69, 9.17) is 4.74 Å². The Labute approximate surface area is 165 Å². The summed E-state index contributed by atoms with van der Waals surface area (Å²) < 4.78 is 5.79. The molecule has 7 N–H and O–H groups in total. The number of aliphatic hydroxyl groups is 3. The SMILES string of the molecule is C=C(O)[C@@H]1O[C@H](Nc2ncnc3nc[nH]c23)[C@@H](O)C[C@H]1NC(=O)[C@H]1NCC[C@@H]1O. The van der Waals surface area contributed by atoms with Crippen LogP contribution in [-0.4, -0.2) is 84.3 Å². The molecule has 12 nitrogen and oxygen atoms in total. The molecule has 0 radical (unpaired) electrons. The maximum atomic E-state index is 12.5. The minimum atomic E-state index is -1.02. The number of amides is 1. The Balaban J connectivity index is 1.47. The second kappa shape index (κ2) is 7.91. The van der Waals surface area contributed by atoms with Gasteiger partial charge in [-0.2, -0.15) is 0 Å². The van der Waals surface area contributed by atoms with Gasteiger partial charge in [-0.15, -0.1) is 0 Å². The molecule has 12 heteroatoms. The van der Waals surface area contributed by atoms with Crippen molar-refractivity contribution in [3.63, 3.8) is 0 Å². The van der Waals surface area contributed by atoms with E-state index in [0.29, 0.717) is 29.9 Å². The first-order chi connectivity index (χ1) is 13.9. The number of aromatic amines is 1. The second-order valence-corrected chi connectivity index (χ2v) is 7.14. The molecule has 2 aliphatic heterocycles. The van der Waals surface area contributed by atoms with E-state index < -0.39 is 42.5 Å². The van der Waals surface area contributed by atoms with E-state index in [-0.39, 0.29) is 12.2 Å². The van der Waals surface area contributed by atoms with Gasteiger partial charge in [-0.25, -0.2) is 15.0 Å². The molecule has 2 aliphatic rings. The lowest BCUT2D eigenvalue weighted by Gasteiger charge is -2.40. The van der Waals surface area contributed by atoms with E-state index in [1.807, 2.05) is 0 Å². The molecule has 0 bridgehead atoms. The van der Waals surface area contributed by atoms with E-state index in [1.54, 1.807) is 0 Å². The van der Waals surface area contributed by atoms with Crippen molar-refractivity contribution in [2.24, 2.45) is 0 Å². The van der Waals surface area contributed by atoms with Crippen molar-refractivity contribution >= 4 is 22.9 Å². The second-order valence-electron chi connectivity index (χ2n) is 7.14. The van der Waals surface area contributed by atoms with Crippen molar-refractivity contribution in [3.05, 3.63) is 25.0 Å². The number of H-pyrrole nitrogens is 1. The molecule has 2 fully saturated rings. The number of nitrogens with zero attached hydrogens (tertiary/aromatic N) is 3. The van der Waals surface area contributed by atoms with E-state index in [0.717, 1.165) is 0 Å². The van der Waals surface area contributed by atoms with Crippen molar-refractivity contribution in [2.75, 3.05) is 11.9 Å².